The molecule has 23 heavy (non-hydrogen) atoms. The van der Waals surface area contributed by atoms with Crippen LogP contribution in [0.25, 0.3) is 10.6 Å². The molecule has 126 valence electrons. The first-order valence-electron chi connectivity index (χ1n) is 7.36. The molecule has 8 heteroatoms. The summed E-state index contributed by atoms with van der Waals surface area (Å²) in [5.41, 5.74) is 2.21. The van der Waals surface area contributed by atoms with Crippen molar-refractivity contribution in [1.82, 2.24) is 20.1 Å². The van der Waals surface area contributed by atoms with E-state index in [1.54, 1.807) is 22.7 Å². The lowest BCUT2D eigenvalue weighted by Gasteiger charge is -2.29. The Kier molecular flexibility index (Phi) is 6.98. The average Bonchev–Trinajstić information content (AvgIpc) is 3.19. The van der Waals surface area contributed by atoms with Crippen LogP contribution in [0.15, 0.2) is 22.2 Å². The van der Waals surface area contributed by atoms with Crippen molar-refractivity contribution in [3.63, 3.8) is 0 Å². The lowest BCUT2D eigenvalue weighted by atomic mass is 10.3. The standard InChI is InChI=1S/C15H20N4OS2.ClH/c1-18(9-14(20)19-5-3-16-4-6-19)8-13-11-22-15(17-13)12-2-7-21-10-12;/h2,7,10-11,16H,3-6,8-9H2,1H3;1H. The second-order valence-electron chi connectivity index (χ2n) is 5.46. The first-order valence-corrected chi connectivity index (χ1v) is 9.18. The molecule has 1 fully saturated rings. The van der Waals surface area contributed by atoms with Crippen molar-refractivity contribution in [3.8, 4) is 10.6 Å². The molecule has 0 aromatic carbocycles. The summed E-state index contributed by atoms with van der Waals surface area (Å²) >= 11 is 3.34. The molecule has 2 aromatic heterocycles. The Labute approximate surface area is 150 Å². The summed E-state index contributed by atoms with van der Waals surface area (Å²) in [7, 11) is 1.98. The van der Waals surface area contributed by atoms with Crippen LogP contribution in [0.4, 0.5) is 0 Å². The summed E-state index contributed by atoms with van der Waals surface area (Å²) in [4.78, 5) is 20.9. The van der Waals surface area contributed by atoms with Crippen molar-refractivity contribution in [2.75, 3.05) is 39.8 Å². The van der Waals surface area contributed by atoms with Gasteiger partial charge in [-0.25, -0.2) is 4.98 Å². The van der Waals surface area contributed by atoms with Crippen molar-refractivity contribution < 1.29 is 4.79 Å². The van der Waals surface area contributed by atoms with Gasteiger partial charge in [0.1, 0.15) is 5.01 Å². The molecule has 0 aliphatic carbocycles. The highest BCUT2D eigenvalue weighted by atomic mass is 35.5. The summed E-state index contributed by atoms with van der Waals surface area (Å²) in [6, 6.07) is 2.09. The van der Waals surface area contributed by atoms with Crippen LogP contribution in [0.5, 0.6) is 0 Å². The Balaban J connectivity index is 0.00000192. The summed E-state index contributed by atoms with van der Waals surface area (Å²) in [5, 5.41) is 10.6. The van der Waals surface area contributed by atoms with Gasteiger partial charge in [0.05, 0.1) is 12.2 Å². The lowest BCUT2D eigenvalue weighted by Crippen LogP contribution is -2.49. The van der Waals surface area contributed by atoms with E-state index in [4.69, 9.17) is 0 Å². The summed E-state index contributed by atoms with van der Waals surface area (Å²) in [6.07, 6.45) is 0. The highest BCUT2D eigenvalue weighted by Gasteiger charge is 2.18. The van der Waals surface area contributed by atoms with E-state index in [1.165, 1.54) is 5.56 Å². The van der Waals surface area contributed by atoms with Crippen LogP contribution in [0.3, 0.4) is 0 Å². The van der Waals surface area contributed by atoms with Crippen molar-refractivity contribution >= 4 is 41.0 Å². The van der Waals surface area contributed by atoms with Crippen LogP contribution < -0.4 is 5.32 Å². The number of carbonyl (C=O) groups is 1. The first-order chi connectivity index (χ1) is 10.7. The van der Waals surface area contributed by atoms with E-state index in [-0.39, 0.29) is 18.3 Å². The Morgan fingerprint density at radius 2 is 2.17 bits per heavy atom. The predicted molar refractivity (Wildman–Crippen MR) is 98.5 cm³/mol. The SMILES string of the molecule is CN(CC(=O)N1CCNCC1)Cc1csc(-c2ccsc2)n1.Cl. The minimum atomic E-state index is 0. The van der Waals surface area contributed by atoms with Gasteiger partial charge in [-0.3, -0.25) is 9.69 Å². The zero-order valence-corrected chi connectivity index (χ0v) is 15.5. The van der Waals surface area contributed by atoms with E-state index in [0.717, 1.165) is 36.9 Å². The molecule has 2 aromatic rings. The number of thiophene rings is 1. The van der Waals surface area contributed by atoms with Crippen LogP contribution in [0.1, 0.15) is 5.69 Å². The van der Waals surface area contributed by atoms with Gasteiger partial charge in [0.25, 0.3) is 0 Å². The molecule has 5 nitrogen and oxygen atoms in total. The average molecular weight is 373 g/mol. The molecule has 0 atom stereocenters. The van der Waals surface area contributed by atoms with Crippen molar-refractivity contribution in [2.45, 2.75) is 6.54 Å². The summed E-state index contributed by atoms with van der Waals surface area (Å²) < 4.78 is 0. The Morgan fingerprint density at radius 1 is 1.39 bits per heavy atom. The molecule has 1 amide bonds. The number of thiazole rings is 1. The monoisotopic (exact) mass is 372 g/mol. The van der Waals surface area contributed by atoms with E-state index in [9.17, 15) is 4.79 Å². The molecular formula is C15H21ClN4OS2. The molecule has 1 N–H and O–H groups in total. The second-order valence-corrected chi connectivity index (χ2v) is 7.10. The molecule has 0 unspecified atom stereocenters. The highest BCUT2D eigenvalue weighted by molar-refractivity contribution is 7.14. The van der Waals surface area contributed by atoms with Gasteiger partial charge in [-0.05, 0) is 18.5 Å². The maximum absolute atomic E-state index is 12.2. The fraction of sp³-hybridized carbons (Fsp3) is 0.467. The van der Waals surface area contributed by atoms with Gasteiger partial charge in [0.15, 0.2) is 0 Å². The summed E-state index contributed by atoms with van der Waals surface area (Å²) in [6.45, 7) is 4.57. The Morgan fingerprint density at radius 3 is 2.87 bits per heavy atom. The topological polar surface area (TPSA) is 48.5 Å². The Hall–Kier alpha value is -0.990. The molecule has 1 aliphatic rings. The summed E-state index contributed by atoms with van der Waals surface area (Å²) in [5.74, 6) is 0.206. The first kappa shape index (κ1) is 18.4. The molecule has 0 radical (unpaired) electrons. The molecule has 0 spiro atoms. The van der Waals surface area contributed by atoms with Crippen LogP contribution in [-0.4, -0.2) is 60.5 Å². The molecular weight excluding hydrogens is 352 g/mol. The van der Waals surface area contributed by atoms with Gasteiger partial charge < -0.3 is 10.2 Å². The largest absolute Gasteiger partial charge is 0.339 e. The number of hydrogen-bond donors (Lipinski definition) is 1. The van der Waals surface area contributed by atoms with E-state index in [0.29, 0.717) is 13.1 Å². The number of carbonyl (C=O) groups excluding carboxylic acids is 1. The predicted octanol–water partition coefficient (Wildman–Crippen LogP) is 2.16. The van der Waals surface area contributed by atoms with Gasteiger partial charge in [-0.2, -0.15) is 11.3 Å². The maximum Gasteiger partial charge on any atom is 0.236 e. The number of rotatable bonds is 5. The molecule has 0 saturated carbocycles. The van der Waals surface area contributed by atoms with Crippen molar-refractivity contribution in [3.05, 3.63) is 27.9 Å². The zero-order valence-electron chi connectivity index (χ0n) is 13.0. The van der Waals surface area contributed by atoms with Crippen LogP contribution in [0, 0.1) is 0 Å². The van der Waals surface area contributed by atoms with E-state index < -0.39 is 0 Å². The number of halogens is 1. The van der Waals surface area contributed by atoms with Gasteiger partial charge in [0, 0.05) is 49.0 Å². The van der Waals surface area contributed by atoms with E-state index >= 15 is 0 Å². The molecule has 1 saturated heterocycles. The van der Waals surface area contributed by atoms with Crippen LogP contribution in [0.2, 0.25) is 0 Å². The minimum Gasteiger partial charge on any atom is -0.339 e. The molecule has 3 heterocycles. The number of nitrogens with zero attached hydrogens (tertiary/aromatic N) is 3. The highest BCUT2D eigenvalue weighted by Crippen LogP contribution is 2.25. The fourth-order valence-electron chi connectivity index (χ4n) is 2.48. The van der Waals surface area contributed by atoms with E-state index in [2.05, 4.69) is 32.5 Å². The number of likely N-dealkylation sites (N-methyl/N-ethyl adjacent to an activating group) is 1. The Bertz CT molecular complexity index is 611. The van der Waals surface area contributed by atoms with Crippen LogP contribution in [-0.2, 0) is 11.3 Å². The van der Waals surface area contributed by atoms with Crippen LogP contribution >= 0.6 is 35.1 Å². The zero-order chi connectivity index (χ0) is 15.4. The number of piperazine rings is 1. The molecule has 3 rings (SSSR count). The lowest BCUT2D eigenvalue weighted by molar-refractivity contribution is -0.132. The normalized spacial score (nSPS) is 14.8. The van der Waals surface area contributed by atoms with Gasteiger partial charge in [-0.15, -0.1) is 23.7 Å². The third kappa shape index (κ3) is 4.99. The maximum atomic E-state index is 12.2. The number of aromatic nitrogens is 1. The molecule has 1 aliphatic heterocycles. The van der Waals surface area contributed by atoms with Crippen molar-refractivity contribution in [1.29, 1.82) is 0 Å². The van der Waals surface area contributed by atoms with Gasteiger partial charge in [-0.1, -0.05) is 0 Å². The number of amides is 1. The van der Waals surface area contributed by atoms with Crippen molar-refractivity contribution in [2.24, 2.45) is 0 Å². The smallest absolute Gasteiger partial charge is 0.236 e. The quantitative estimate of drug-likeness (QED) is 0.873. The fourth-order valence-corrected chi connectivity index (χ4v) is 4.00. The van der Waals surface area contributed by atoms with E-state index in [1.807, 2.05) is 16.8 Å². The molecule has 0 bridgehead atoms. The number of nitrogens with one attached hydrogen (secondary N) is 1. The number of hydrogen-bond acceptors (Lipinski definition) is 6. The van der Waals surface area contributed by atoms with Gasteiger partial charge in [0.2, 0.25) is 5.91 Å². The second kappa shape index (κ2) is 8.75. The third-order valence-corrected chi connectivity index (χ3v) is 5.25. The third-order valence-electron chi connectivity index (χ3n) is 3.63. The van der Waals surface area contributed by atoms with Gasteiger partial charge >= 0.3 is 0 Å². The minimum absolute atomic E-state index is 0.